The zero-order chi connectivity index (χ0) is 18.0. The smallest absolute Gasteiger partial charge is 0.235 e. The molecular weight excluding hydrogens is 342 g/mol. The minimum Gasteiger partial charge on any atom is -0.381 e. The van der Waals surface area contributed by atoms with Crippen molar-refractivity contribution in [3.8, 4) is 0 Å². The van der Waals surface area contributed by atoms with E-state index in [9.17, 15) is 4.79 Å². The van der Waals surface area contributed by atoms with Crippen molar-refractivity contribution in [2.75, 3.05) is 37.7 Å². The highest BCUT2D eigenvalue weighted by Crippen LogP contribution is 2.48. The van der Waals surface area contributed by atoms with E-state index in [1.54, 1.807) is 6.20 Å². The third-order valence-corrected chi connectivity index (χ3v) is 7.31. The van der Waals surface area contributed by atoms with Crippen molar-refractivity contribution in [3.63, 3.8) is 0 Å². The lowest BCUT2D eigenvalue weighted by molar-refractivity contribution is -0.134. The van der Waals surface area contributed by atoms with Gasteiger partial charge in [0.05, 0.1) is 12.5 Å². The van der Waals surface area contributed by atoms with Crippen molar-refractivity contribution in [1.82, 2.24) is 19.3 Å². The summed E-state index contributed by atoms with van der Waals surface area (Å²) in [6, 6.07) is 2.60. The summed E-state index contributed by atoms with van der Waals surface area (Å²) in [5.41, 5.74) is 0. The van der Waals surface area contributed by atoms with E-state index in [1.165, 1.54) is 12.8 Å². The highest BCUT2D eigenvalue weighted by atomic mass is 16.5. The largest absolute Gasteiger partial charge is 0.381 e. The van der Waals surface area contributed by atoms with Gasteiger partial charge in [0.1, 0.15) is 5.82 Å². The maximum absolute atomic E-state index is 12.9. The fourth-order valence-corrected chi connectivity index (χ4v) is 5.96. The number of amides is 1. The number of carbonyl (C=O) groups is 1. The van der Waals surface area contributed by atoms with Gasteiger partial charge in [0.2, 0.25) is 11.7 Å². The predicted molar refractivity (Wildman–Crippen MR) is 99.3 cm³/mol. The number of anilines is 1. The molecule has 5 atom stereocenters. The first-order valence-corrected chi connectivity index (χ1v) is 10.2. The minimum absolute atomic E-state index is 0.0865. The first-order chi connectivity index (χ1) is 13.3. The second-order valence-electron chi connectivity index (χ2n) is 8.61. The van der Waals surface area contributed by atoms with Gasteiger partial charge in [0.25, 0.3) is 0 Å². The van der Waals surface area contributed by atoms with Crippen molar-refractivity contribution < 1.29 is 9.53 Å². The second kappa shape index (κ2) is 5.92. The van der Waals surface area contributed by atoms with E-state index in [-0.39, 0.29) is 5.92 Å². The van der Waals surface area contributed by atoms with E-state index in [2.05, 4.69) is 27.0 Å². The molecule has 27 heavy (non-hydrogen) atoms. The monoisotopic (exact) mass is 367 g/mol. The molecule has 5 fully saturated rings. The molecule has 6 heterocycles. The quantitative estimate of drug-likeness (QED) is 0.804. The molecule has 1 amide bonds. The SMILES string of the molecule is O=C([C@@H]1CCOC1)N1CC2C3CCC(C2C1)N(c1ccn2ccnc2n1)C3. The van der Waals surface area contributed by atoms with Crippen LogP contribution in [0.25, 0.3) is 5.78 Å². The summed E-state index contributed by atoms with van der Waals surface area (Å²) in [5.74, 6) is 4.09. The predicted octanol–water partition coefficient (Wildman–Crippen LogP) is 1.44. The van der Waals surface area contributed by atoms with Crippen LogP contribution in [0.1, 0.15) is 19.3 Å². The molecule has 0 radical (unpaired) electrons. The molecule has 4 saturated heterocycles. The third-order valence-electron chi connectivity index (χ3n) is 7.31. The molecular formula is C20H25N5O2. The Morgan fingerprint density at radius 1 is 1.11 bits per heavy atom. The number of piperidine rings is 2. The Hall–Kier alpha value is -2.15. The highest BCUT2D eigenvalue weighted by Gasteiger charge is 2.53. The van der Waals surface area contributed by atoms with Crippen LogP contribution in [0.2, 0.25) is 0 Å². The second-order valence-corrected chi connectivity index (χ2v) is 8.61. The van der Waals surface area contributed by atoms with Crippen LogP contribution < -0.4 is 4.90 Å². The number of carbonyl (C=O) groups excluding carboxylic acids is 1. The Morgan fingerprint density at radius 2 is 2.04 bits per heavy atom. The van der Waals surface area contributed by atoms with Gasteiger partial charge in [0, 0.05) is 56.8 Å². The molecule has 142 valence electrons. The molecule has 1 aliphatic carbocycles. The number of aromatic nitrogens is 3. The van der Waals surface area contributed by atoms with Crippen LogP contribution in [0.5, 0.6) is 0 Å². The Balaban J connectivity index is 1.26. The summed E-state index contributed by atoms with van der Waals surface area (Å²) >= 11 is 0. The molecule has 0 aromatic carbocycles. The van der Waals surface area contributed by atoms with Crippen molar-refractivity contribution in [2.24, 2.45) is 23.7 Å². The third kappa shape index (κ3) is 2.40. The van der Waals surface area contributed by atoms with E-state index in [0.717, 1.165) is 44.3 Å². The molecule has 5 aliphatic rings. The molecule has 4 unspecified atom stereocenters. The summed E-state index contributed by atoms with van der Waals surface area (Å²) in [5, 5.41) is 0. The zero-order valence-electron chi connectivity index (χ0n) is 15.4. The van der Waals surface area contributed by atoms with Crippen LogP contribution in [-0.2, 0) is 9.53 Å². The van der Waals surface area contributed by atoms with Crippen LogP contribution in [0.3, 0.4) is 0 Å². The van der Waals surface area contributed by atoms with E-state index in [0.29, 0.717) is 36.3 Å². The number of ether oxygens (including phenoxy) is 1. The number of imidazole rings is 1. The van der Waals surface area contributed by atoms with Crippen LogP contribution in [0, 0.1) is 23.7 Å². The molecule has 7 rings (SSSR count). The maximum Gasteiger partial charge on any atom is 0.235 e. The van der Waals surface area contributed by atoms with E-state index in [1.807, 2.05) is 10.6 Å². The number of hydrogen-bond acceptors (Lipinski definition) is 5. The standard InChI is InChI=1S/C20H25N5O2/c26-19(14-4-8-27-12-14)24-10-15-13-1-2-17(16(15)11-24)25(9-13)18-3-6-23-7-5-21-20(23)22-18/h3,5-7,13-17H,1-2,4,8-12H2/t13?,14-,15?,16?,17?/m1/s1. The minimum atomic E-state index is 0.0865. The van der Waals surface area contributed by atoms with Crippen LogP contribution in [-0.4, -0.2) is 64.1 Å². The molecule has 2 bridgehead atoms. The lowest BCUT2D eigenvalue weighted by Gasteiger charge is -2.52. The molecule has 2 aromatic rings. The van der Waals surface area contributed by atoms with Crippen LogP contribution >= 0.6 is 0 Å². The Kier molecular flexibility index (Phi) is 3.48. The molecule has 0 spiro atoms. The normalized spacial score (nSPS) is 35.2. The van der Waals surface area contributed by atoms with E-state index >= 15 is 0 Å². The average Bonchev–Trinajstić information content (AvgIpc) is 3.47. The summed E-state index contributed by atoms with van der Waals surface area (Å²) < 4.78 is 7.40. The topological polar surface area (TPSA) is 63.0 Å². The molecule has 1 saturated carbocycles. The molecule has 2 aromatic heterocycles. The van der Waals surface area contributed by atoms with Gasteiger partial charge in [-0.25, -0.2) is 4.98 Å². The van der Waals surface area contributed by atoms with Crippen LogP contribution in [0.15, 0.2) is 24.7 Å². The van der Waals surface area contributed by atoms with Crippen molar-refractivity contribution in [3.05, 3.63) is 24.7 Å². The molecule has 4 aliphatic heterocycles. The van der Waals surface area contributed by atoms with Gasteiger partial charge in [-0.05, 0) is 37.2 Å². The lowest BCUT2D eigenvalue weighted by Crippen LogP contribution is -2.57. The summed E-state index contributed by atoms with van der Waals surface area (Å²) in [7, 11) is 0. The fourth-order valence-electron chi connectivity index (χ4n) is 5.96. The first kappa shape index (κ1) is 15.9. The van der Waals surface area contributed by atoms with Gasteiger partial charge < -0.3 is 14.5 Å². The number of fused-ring (bicyclic) bond motifs is 3. The molecule has 7 nitrogen and oxygen atoms in total. The summed E-state index contributed by atoms with van der Waals surface area (Å²) in [6.45, 7) is 4.26. The van der Waals surface area contributed by atoms with Gasteiger partial charge in [-0.1, -0.05) is 0 Å². The summed E-state index contributed by atoms with van der Waals surface area (Å²) in [4.78, 5) is 26.7. The maximum atomic E-state index is 12.9. The van der Waals surface area contributed by atoms with Crippen molar-refractivity contribution in [2.45, 2.75) is 25.3 Å². The van der Waals surface area contributed by atoms with E-state index < -0.39 is 0 Å². The Labute approximate surface area is 158 Å². The number of rotatable bonds is 2. The highest BCUT2D eigenvalue weighted by molar-refractivity contribution is 5.79. The Morgan fingerprint density at radius 3 is 2.93 bits per heavy atom. The van der Waals surface area contributed by atoms with Gasteiger partial charge >= 0.3 is 0 Å². The number of nitrogens with zero attached hydrogens (tertiary/aromatic N) is 5. The molecule has 7 heteroatoms. The first-order valence-electron chi connectivity index (χ1n) is 10.2. The van der Waals surface area contributed by atoms with Gasteiger partial charge in [-0.3, -0.25) is 9.20 Å². The van der Waals surface area contributed by atoms with E-state index in [4.69, 9.17) is 9.72 Å². The van der Waals surface area contributed by atoms with Crippen LogP contribution in [0.4, 0.5) is 5.82 Å². The Bertz CT molecular complexity index is 876. The van der Waals surface area contributed by atoms with Gasteiger partial charge in [0.15, 0.2) is 0 Å². The zero-order valence-corrected chi connectivity index (χ0v) is 15.4. The van der Waals surface area contributed by atoms with Gasteiger partial charge in [-0.2, -0.15) is 4.98 Å². The average molecular weight is 367 g/mol. The molecule has 0 N–H and O–H groups in total. The fraction of sp³-hybridized carbons (Fsp3) is 0.650. The number of hydrogen-bond donors (Lipinski definition) is 0. The summed E-state index contributed by atoms with van der Waals surface area (Å²) in [6.07, 6.45) is 9.15. The van der Waals surface area contributed by atoms with Crippen molar-refractivity contribution >= 4 is 17.5 Å². The number of likely N-dealkylation sites (tertiary alicyclic amines) is 1. The lowest BCUT2D eigenvalue weighted by atomic mass is 9.66. The van der Waals surface area contributed by atoms with Gasteiger partial charge in [-0.15, -0.1) is 0 Å². The van der Waals surface area contributed by atoms with Crippen molar-refractivity contribution in [1.29, 1.82) is 0 Å².